The molecule has 0 atom stereocenters. The van der Waals surface area contributed by atoms with Gasteiger partial charge in [0.25, 0.3) is 0 Å². The number of benzene rings is 1. The summed E-state index contributed by atoms with van der Waals surface area (Å²) in [7, 11) is 0. The second-order valence-corrected chi connectivity index (χ2v) is 4.26. The van der Waals surface area contributed by atoms with Crippen LogP contribution in [0.3, 0.4) is 0 Å². The molecule has 1 aromatic carbocycles. The predicted octanol–water partition coefficient (Wildman–Crippen LogP) is 2.97. The zero-order valence-corrected chi connectivity index (χ0v) is 10.00. The largest absolute Gasteiger partial charge is 0.326 e. The molecule has 1 rings (SSSR count). The van der Waals surface area contributed by atoms with Crippen molar-refractivity contribution in [1.29, 1.82) is 0 Å². The molecule has 0 amide bonds. The molecule has 0 unspecified atom stereocenters. The normalized spacial score (nSPS) is 10.2. The smallest absolute Gasteiger partial charge is 0.0601 e. The van der Waals surface area contributed by atoms with Gasteiger partial charge in [-0.15, -0.1) is 0 Å². The summed E-state index contributed by atoms with van der Waals surface area (Å²) in [4.78, 5) is 0. The molecule has 11 heavy (non-hydrogen) atoms. The second-order valence-electron chi connectivity index (χ2n) is 1.95. The van der Waals surface area contributed by atoms with Gasteiger partial charge in [-0.05, 0) is 40.3 Å². The minimum Gasteiger partial charge on any atom is -0.326 e. The molecule has 0 aliphatic rings. The van der Waals surface area contributed by atoms with Crippen LogP contribution in [0.2, 0.25) is 5.02 Å². The molecule has 0 saturated heterocycles. The zero-order valence-electron chi connectivity index (χ0n) is 5.50. The van der Waals surface area contributed by atoms with Crippen LogP contribution in [0.25, 0.3) is 0 Å². The van der Waals surface area contributed by atoms with E-state index >= 15 is 0 Å². The summed E-state index contributed by atoms with van der Waals surface area (Å²) in [5.41, 5.74) is 6.43. The van der Waals surface area contributed by atoms with Crippen molar-refractivity contribution < 1.29 is 0 Å². The minimum atomic E-state index is 0.449. The molecule has 59 valence electrons. The lowest BCUT2D eigenvalue weighted by Gasteiger charge is -2.04. The van der Waals surface area contributed by atoms with Crippen LogP contribution in [0.15, 0.2) is 10.5 Å². The fraction of sp³-hybridized carbons (Fsp3) is 0.143. The molecule has 0 fully saturated rings. The van der Waals surface area contributed by atoms with Crippen molar-refractivity contribution in [3.8, 4) is 0 Å². The monoisotopic (exact) mass is 344 g/mol. The molecule has 4 heteroatoms. The number of hydrogen-bond acceptors (Lipinski definition) is 1. The van der Waals surface area contributed by atoms with Crippen LogP contribution in [0.4, 0.5) is 0 Å². The van der Waals surface area contributed by atoms with E-state index in [2.05, 4.69) is 44.6 Å². The first-order valence-electron chi connectivity index (χ1n) is 2.91. The molecule has 0 aliphatic heterocycles. The van der Waals surface area contributed by atoms with E-state index in [1.165, 1.54) is 0 Å². The van der Waals surface area contributed by atoms with Gasteiger partial charge in [0.05, 0.1) is 5.02 Å². The maximum atomic E-state index is 5.95. The number of rotatable bonds is 1. The third-order valence-corrected chi connectivity index (χ3v) is 3.57. The summed E-state index contributed by atoms with van der Waals surface area (Å²) in [6.45, 7) is 0.449. The van der Waals surface area contributed by atoms with Crippen LogP contribution < -0.4 is 5.73 Å². The van der Waals surface area contributed by atoms with Crippen molar-refractivity contribution in [3.63, 3.8) is 0 Å². The number of hydrogen-bond donors (Lipinski definition) is 1. The molecular weight excluding hydrogens is 340 g/mol. The summed E-state index contributed by atoms with van der Waals surface area (Å²) in [6.07, 6.45) is 0. The van der Waals surface area contributed by atoms with E-state index in [0.717, 1.165) is 13.6 Å². The average Bonchev–Trinajstić information content (AvgIpc) is 1.99. The summed E-state index contributed by atoms with van der Waals surface area (Å²) < 4.78 is 1.83. The molecule has 1 aromatic rings. The van der Waals surface area contributed by atoms with Gasteiger partial charge in [0, 0.05) is 14.6 Å². The quantitative estimate of drug-likeness (QED) is 0.615. The lowest BCUT2D eigenvalue weighted by Crippen LogP contribution is -1.99. The van der Waals surface area contributed by atoms with Gasteiger partial charge in [0.1, 0.15) is 0 Å². The third-order valence-electron chi connectivity index (χ3n) is 1.28. The highest BCUT2D eigenvalue weighted by molar-refractivity contribution is 14.1. The van der Waals surface area contributed by atoms with Crippen LogP contribution in [-0.4, -0.2) is 0 Å². The van der Waals surface area contributed by atoms with E-state index in [-0.39, 0.29) is 0 Å². The summed E-state index contributed by atoms with van der Waals surface area (Å²) in [6, 6.07) is 4.82. The fourth-order valence-corrected chi connectivity index (χ4v) is 2.01. The minimum absolute atomic E-state index is 0.449. The predicted molar refractivity (Wildman–Crippen MR) is 58.6 cm³/mol. The Morgan fingerprint density at radius 1 is 1.73 bits per heavy atom. The topological polar surface area (TPSA) is 26.0 Å². The molecule has 0 aromatic heterocycles. The van der Waals surface area contributed by atoms with Gasteiger partial charge in [-0.3, -0.25) is 0 Å². The molecular formula is C7H5BrClIN. The van der Waals surface area contributed by atoms with Crippen molar-refractivity contribution in [3.05, 3.63) is 30.8 Å². The van der Waals surface area contributed by atoms with Crippen LogP contribution in [0.1, 0.15) is 5.56 Å². The maximum Gasteiger partial charge on any atom is 0.0601 e. The standard InChI is InChI=1S/C7H5BrClIN/c8-5-1-2-6(10)7(9)4(5)3-11/h1H,3,11H2. The van der Waals surface area contributed by atoms with E-state index in [0.29, 0.717) is 11.6 Å². The second kappa shape index (κ2) is 4.07. The zero-order chi connectivity index (χ0) is 8.43. The highest BCUT2D eigenvalue weighted by Crippen LogP contribution is 2.28. The summed E-state index contributed by atoms with van der Waals surface area (Å²) in [5, 5.41) is 0.697. The van der Waals surface area contributed by atoms with E-state index in [1.807, 2.05) is 6.07 Å². The number of nitrogens with two attached hydrogens (primary N) is 1. The van der Waals surface area contributed by atoms with Gasteiger partial charge in [0.15, 0.2) is 0 Å². The molecule has 0 spiro atoms. The maximum absolute atomic E-state index is 5.95. The summed E-state index contributed by atoms with van der Waals surface area (Å²) in [5.74, 6) is 0. The fourth-order valence-electron chi connectivity index (χ4n) is 0.702. The highest BCUT2D eigenvalue weighted by atomic mass is 127. The van der Waals surface area contributed by atoms with Crippen molar-refractivity contribution in [1.82, 2.24) is 0 Å². The molecule has 0 bridgehead atoms. The Labute approximate surface area is 92.6 Å². The SMILES string of the molecule is NCc1c(Br)c[c]c(I)c1Cl. The molecule has 0 aliphatic carbocycles. The Kier molecular flexibility index (Phi) is 3.61. The van der Waals surface area contributed by atoms with E-state index in [4.69, 9.17) is 17.3 Å². The van der Waals surface area contributed by atoms with Gasteiger partial charge in [-0.1, -0.05) is 27.5 Å². The number of halogens is 3. The highest BCUT2D eigenvalue weighted by Gasteiger charge is 2.06. The van der Waals surface area contributed by atoms with Crippen molar-refractivity contribution in [2.45, 2.75) is 6.54 Å². The van der Waals surface area contributed by atoms with Crippen LogP contribution in [0, 0.1) is 9.64 Å². The van der Waals surface area contributed by atoms with Crippen molar-refractivity contribution >= 4 is 50.1 Å². The lowest BCUT2D eigenvalue weighted by molar-refractivity contribution is 1.06. The van der Waals surface area contributed by atoms with Gasteiger partial charge in [-0.25, -0.2) is 0 Å². The van der Waals surface area contributed by atoms with Crippen LogP contribution in [-0.2, 0) is 6.54 Å². The first-order valence-corrected chi connectivity index (χ1v) is 5.16. The van der Waals surface area contributed by atoms with Crippen LogP contribution in [0.5, 0.6) is 0 Å². The molecule has 0 saturated carbocycles. The summed E-state index contributed by atoms with van der Waals surface area (Å²) >= 11 is 11.4. The van der Waals surface area contributed by atoms with Gasteiger partial charge in [0.2, 0.25) is 0 Å². The van der Waals surface area contributed by atoms with E-state index in [9.17, 15) is 0 Å². The van der Waals surface area contributed by atoms with E-state index < -0.39 is 0 Å². The lowest BCUT2D eigenvalue weighted by atomic mass is 10.2. The van der Waals surface area contributed by atoms with Gasteiger partial charge >= 0.3 is 0 Å². The van der Waals surface area contributed by atoms with Crippen molar-refractivity contribution in [2.24, 2.45) is 5.73 Å². The Morgan fingerprint density at radius 3 is 2.82 bits per heavy atom. The van der Waals surface area contributed by atoms with Crippen molar-refractivity contribution in [2.75, 3.05) is 0 Å². The molecule has 0 heterocycles. The van der Waals surface area contributed by atoms with Gasteiger partial charge < -0.3 is 5.73 Å². The first-order chi connectivity index (χ1) is 5.16. The molecule has 1 radical (unpaired) electrons. The molecule has 2 N–H and O–H groups in total. The Bertz CT molecular complexity index is 277. The average molecular weight is 345 g/mol. The van der Waals surface area contributed by atoms with Crippen LogP contribution >= 0.6 is 50.1 Å². The Morgan fingerprint density at radius 2 is 2.36 bits per heavy atom. The van der Waals surface area contributed by atoms with E-state index in [1.54, 1.807) is 0 Å². The Balaban J connectivity index is 3.29. The molecule has 1 nitrogen and oxygen atoms in total. The first kappa shape index (κ1) is 9.77. The van der Waals surface area contributed by atoms with Gasteiger partial charge in [-0.2, -0.15) is 0 Å². The third kappa shape index (κ3) is 2.08. The Hall–Kier alpha value is 0.680.